The van der Waals surface area contributed by atoms with E-state index in [9.17, 15) is 0 Å². The second-order valence-electron chi connectivity index (χ2n) is 14.2. The summed E-state index contributed by atoms with van der Waals surface area (Å²) >= 11 is 1.87. The van der Waals surface area contributed by atoms with Crippen molar-refractivity contribution in [1.29, 1.82) is 0 Å². The Kier molecular flexibility index (Phi) is 6.78. The van der Waals surface area contributed by atoms with Crippen molar-refractivity contribution in [3.8, 4) is 33.4 Å². The Morgan fingerprint density at radius 2 is 1.00 bits per heavy atom. The van der Waals surface area contributed by atoms with E-state index in [1.165, 1.54) is 75.5 Å². The van der Waals surface area contributed by atoms with Crippen molar-refractivity contribution in [1.82, 2.24) is 0 Å². The van der Waals surface area contributed by atoms with Gasteiger partial charge >= 0.3 is 0 Å². The third-order valence-electron chi connectivity index (χ3n) is 10.8. The average molecular weight is 670 g/mol. The summed E-state index contributed by atoms with van der Waals surface area (Å²) < 4.78 is 2.62. The van der Waals surface area contributed by atoms with Crippen molar-refractivity contribution in [3.05, 3.63) is 187 Å². The molecule has 0 amide bonds. The summed E-state index contributed by atoms with van der Waals surface area (Å²) in [4.78, 5) is 2.45. The standard InChI is InChI=1S/C49H35NS/c1-49(2)45-22-7-5-19-41(45)42-26-24-37(30-46(42)49)50(38-25-27-44-43-20-6-8-23-47(43)51-48(44)31-38)36-17-10-15-34(29-36)33-14-9-16-35(28-33)40-21-11-13-32-12-3-4-18-39(32)40/h3-31H,1-2H3. The zero-order valence-corrected chi connectivity index (χ0v) is 29.4. The highest BCUT2D eigenvalue weighted by Gasteiger charge is 2.35. The molecular formula is C49H35NS. The van der Waals surface area contributed by atoms with Gasteiger partial charge in [0.05, 0.1) is 0 Å². The molecule has 0 fully saturated rings. The van der Waals surface area contributed by atoms with Gasteiger partial charge in [-0.1, -0.05) is 141 Å². The topological polar surface area (TPSA) is 3.24 Å². The maximum absolute atomic E-state index is 2.45. The molecule has 9 aromatic rings. The molecule has 8 aromatic carbocycles. The van der Waals surface area contributed by atoms with Crippen LogP contribution in [0.1, 0.15) is 25.0 Å². The van der Waals surface area contributed by atoms with Crippen molar-refractivity contribution in [2.24, 2.45) is 0 Å². The molecule has 1 nitrogen and oxygen atoms in total. The minimum absolute atomic E-state index is 0.0903. The second kappa shape index (κ2) is 11.6. The molecule has 51 heavy (non-hydrogen) atoms. The van der Waals surface area contributed by atoms with Crippen LogP contribution in [0.5, 0.6) is 0 Å². The van der Waals surface area contributed by atoms with Gasteiger partial charge in [-0.05, 0) is 104 Å². The zero-order chi connectivity index (χ0) is 34.1. The number of thiophene rings is 1. The van der Waals surface area contributed by atoms with Crippen LogP contribution in [-0.2, 0) is 5.41 Å². The van der Waals surface area contributed by atoms with E-state index in [1.54, 1.807) is 0 Å². The van der Waals surface area contributed by atoms with Gasteiger partial charge in [0.15, 0.2) is 0 Å². The third-order valence-corrected chi connectivity index (χ3v) is 12.0. The van der Waals surface area contributed by atoms with Gasteiger partial charge < -0.3 is 4.90 Å². The Bertz CT molecular complexity index is 2800. The molecule has 0 spiro atoms. The Hall–Kier alpha value is -5.96. The monoisotopic (exact) mass is 669 g/mol. The van der Waals surface area contributed by atoms with Gasteiger partial charge in [-0.15, -0.1) is 11.3 Å². The van der Waals surface area contributed by atoms with Crippen LogP contribution in [-0.4, -0.2) is 0 Å². The van der Waals surface area contributed by atoms with Gasteiger partial charge in [-0.2, -0.15) is 0 Å². The Balaban J connectivity index is 1.13. The number of fused-ring (bicyclic) bond motifs is 7. The summed E-state index contributed by atoms with van der Waals surface area (Å²) in [6, 6.07) is 64.9. The quantitative estimate of drug-likeness (QED) is 0.176. The summed E-state index contributed by atoms with van der Waals surface area (Å²) in [6.45, 7) is 4.72. The molecule has 1 aromatic heterocycles. The Morgan fingerprint density at radius 1 is 0.392 bits per heavy atom. The first kappa shape index (κ1) is 29.9. The van der Waals surface area contributed by atoms with E-state index in [1.807, 2.05) is 11.3 Å². The first-order chi connectivity index (χ1) is 25.0. The molecule has 0 saturated heterocycles. The first-order valence-corrected chi connectivity index (χ1v) is 18.5. The molecule has 0 radical (unpaired) electrons. The predicted molar refractivity (Wildman–Crippen MR) is 220 cm³/mol. The number of hydrogen-bond donors (Lipinski definition) is 0. The maximum Gasteiger partial charge on any atom is 0.0476 e. The summed E-state index contributed by atoms with van der Waals surface area (Å²) in [5, 5.41) is 5.16. The van der Waals surface area contributed by atoms with Crippen LogP contribution in [0.15, 0.2) is 176 Å². The fourth-order valence-corrected chi connectivity index (χ4v) is 9.44. The lowest BCUT2D eigenvalue weighted by Gasteiger charge is -2.28. The van der Waals surface area contributed by atoms with E-state index in [0.717, 1.165) is 17.1 Å². The molecule has 1 heterocycles. The van der Waals surface area contributed by atoms with Gasteiger partial charge in [0.2, 0.25) is 0 Å². The molecule has 0 unspecified atom stereocenters. The fourth-order valence-electron chi connectivity index (χ4n) is 8.30. The van der Waals surface area contributed by atoms with Crippen molar-refractivity contribution < 1.29 is 0 Å². The average Bonchev–Trinajstić information content (AvgIpc) is 3.66. The highest BCUT2D eigenvalue weighted by atomic mass is 32.1. The smallest absolute Gasteiger partial charge is 0.0476 e. The van der Waals surface area contributed by atoms with Gasteiger partial charge in [-0.3, -0.25) is 0 Å². The molecule has 0 atom stereocenters. The lowest BCUT2D eigenvalue weighted by atomic mass is 9.82. The molecule has 0 bridgehead atoms. The van der Waals surface area contributed by atoms with Crippen LogP contribution in [0.3, 0.4) is 0 Å². The third kappa shape index (κ3) is 4.82. The van der Waals surface area contributed by atoms with E-state index in [4.69, 9.17) is 0 Å². The number of benzene rings is 8. The lowest BCUT2D eigenvalue weighted by molar-refractivity contribution is 0.660. The van der Waals surface area contributed by atoms with Crippen LogP contribution < -0.4 is 4.90 Å². The van der Waals surface area contributed by atoms with Gasteiger partial charge in [0.1, 0.15) is 0 Å². The van der Waals surface area contributed by atoms with E-state index >= 15 is 0 Å². The van der Waals surface area contributed by atoms with E-state index in [0.29, 0.717) is 0 Å². The summed E-state index contributed by atoms with van der Waals surface area (Å²) in [5.74, 6) is 0. The number of anilines is 3. The van der Waals surface area contributed by atoms with E-state index in [-0.39, 0.29) is 5.41 Å². The lowest BCUT2D eigenvalue weighted by Crippen LogP contribution is -2.16. The summed E-state index contributed by atoms with van der Waals surface area (Å²) in [5.41, 5.74) is 13.7. The van der Waals surface area contributed by atoms with Gasteiger partial charge in [-0.25, -0.2) is 0 Å². The molecule has 0 aliphatic heterocycles. The normalized spacial score (nSPS) is 13.1. The van der Waals surface area contributed by atoms with Crippen LogP contribution in [0, 0.1) is 0 Å². The summed E-state index contributed by atoms with van der Waals surface area (Å²) in [6.07, 6.45) is 0. The van der Waals surface area contributed by atoms with Crippen LogP contribution in [0.4, 0.5) is 17.1 Å². The molecule has 242 valence electrons. The summed E-state index contributed by atoms with van der Waals surface area (Å²) in [7, 11) is 0. The van der Waals surface area contributed by atoms with Gasteiger partial charge in [0, 0.05) is 42.6 Å². The molecule has 0 saturated carbocycles. The van der Waals surface area contributed by atoms with Crippen molar-refractivity contribution >= 4 is 59.3 Å². The van der Waals surface area contributed by atoms with Crippen molar-refractivity contribution in [2.75, 3.05) is 4.90 Å². The molecule has 2 heteroatoms. The van der Waals surface area contributed by atoms with Gasteiger partial charge in [0.25, 0.3) is 0 Å². The van der Waals surface area contributed by atoms with Crippen LogP contribution in [0.25, 0.3) is 64.3 Å². The Morgan fingerprint density at radius 3 is 1.92 bits per heavy atom. The second-order valence-corrected chi connectivity index (χ2v) is 15.3. The fraction of sp³-hybridized carbons (Fsp3) is 0.0612. The van der Waals surface area contributed by atoms with Crippen LogP contribution >= 0.6 is 11.3 Å². The number of hydrogen-bond acceptors (Lipinski definition) is 2. The largest absolute Gasteiger partial charge is 0.310 e. The molecule has 0 N–H and O–H groups in total. The number of rotatable bonds is 5. The molecule has 1 aliphatic rings. The highest BCUT2D eigenvalue weighted by molar-refractivity contribution is 7.25. The SMILES string of the molecule is CC1(C)c2ccccc2-c2ccc(N(c3cccc(-c4cccc(-c5cccc6ccccc56)c4)c3)c3ccc4c(c3)sc3ccccc34)cc21. The van der Waals surface area contributed by atoms with Crippen LogP contribution in [0.2, 0.25) is 0 Å². The molecule has 1 aliphatic carbocycles. The van der Waals surface area contributed by atoms with Crippen molar-refractivity contribution in [2.45, 2.75) is 19.3 Å². The van der Waals surface area contributed by atoms with E-state index < -0.39 is 0 Å². The number of nitrogens with zero attached hydrogens (tertiary/aromatic N) is 1. The van der Waals surface area contributed by atoms with Crippen molar-refractivity contribution in [3.63, 3.8) is 0 Å². The minimum Gasteiger partial charge on any atom is -0.310 e. The Labute approximate surface area is 302 Å². The molecule has 10 rings (SSSR count). The molecular weight excluding hydrogens is 635 g/mol. The first-order valence-electron chi connectivity index (χ1n) is 17.7. The predicted octanol–water partition coefficient (Wildman–Crippen LogP) is 14.3. The minimum atomic E-state index is -0.0903. The zero-order valence-electron chi connectivity index (χ0n) is 28.6. The highest BCUT2D eigenvalue weighted by Crippen LogP contribution is 2.51. The van der Waals surface area contributed by atoms with E-state index in [2.05, 4.69) is 195 Å². The maximum atomic E-state index is 2.45.